The summed E-state index contributed by atoms with van der Waals surface area (Å²) < 4.78 is 0. The van der Waals surface area contributed by atoms with Gasteiger partial charge in [0.1, 0.15) is 17.9 Å². The summed E-state index contributed by atoms with van der Waals surface area (Å²) in [5.41, 5.74) is 5.21. The predicted octanol–water partition coefficient (Wildman–Crippen LogP) is -1.05. The average Bonchev–Trinajstić information content (AvgIpc) is 2.79. The fourth-order valence-electron chi connectivity index (χ4n) is 1.37. The fraction of sp³-hybridized carbons (Fsp3) is 0.400. The van der Waals surface area contributed by atoms with Crippen LogP contribution in [0.5, 0.6) is 0 Å². The van der Waals surface area contributed by atoms with E-state index in [2.05, 4.69) is 33.2 Å². The lowest BCUT2D eigenvalue weighted by molar-refractivity contribution is -0.128. The van der Waals surface area contributed by atoms with Crippen molar-refractivity contribution < 1.29 is 14.4 Å². The van der Waals surface area contributed by atoms with Gasteiger partial charge in [-0.25, -0.2) is 4.98 Å². The number of nitrogens with zero attached hydrogens (tertiary/aromatic N) is 1. The number of nitrogens with one attached hydrogen (secondary N) is 3. The molecule has 9 heteroatoms. The molecule has 0 fully saturated rings. The molecule has 0 saturated heterocycles. The number of amides is 3. The summed E-state index contributed by atoms with van der Waals surface area (Å²) >= 11 is 3.50. The number of primary amides is 1. The highest BCUT2D eigenvalue weighted by Crippen LogP contribution is 1.97. The summed E-state index contributed by atoms with van der Waals surface area (Å²) in [5, 5.41) is 4.09. The van der Waals surface area contributed by atoms with Crippen molar-refractivity contribution in [3.05, 3.63) is 18.2 Å². The van der Waals surface area contributed by atoms with E-state index >= 15 is 0 Å². The Bertz CT molecular complexity index is 462. The molecule has 1 aromatic rings. The van der Waals surface area contributed by atoms with Crippen LogP contribution in [0.3, 0.4) is 0 Å². The van der Waals surface area contributed by atoms with Crippen LogP contribution in [0, 0.1) is 0 Å². The van der Waals surface area contributed by atoms with Crippen LogP contribution in [-0.2, 0) is 16.0 Å². The highest BCUT2D eigenvalue weighted by atomic mass is 32.1. The fourth-order valence-corrected chi connectivity index (χ4v) is 1.57. The van der Waals surface area contributed by atoms with Crippen molar-refractivity contribution in [3.8, 4) is 0 Å². The molecule has 5 N–H and O–H groups in total. The molecular weight excluding hydrogens is 270 g/mol. The van der Waals surface area contributed by atoms with Crippen molar-refractivity contribution >= 4 is 29.7 Å². The second-order valence-corrected chi connectivity index (χ2v) is 4.28. The Hall–Kier alpha value is -2.03. The second-order valence-electron chi connectivity index (χ2n) is 3.87. The van der Waals surface area contributed by atoms with Gasteiger partial charge in [0, 0.05) is 18.8 Å². The molecule has 0 radical (unpaired) electrons. The van der Waals surface area contributed by atoms with Crippen LogP contribution in [-0.4, -0.2) is 39.1 Å². The molecule has 1 rings (SSSR count). The minimum absolute atomic E-state index is 0.148. The Kier molecular flexibility index (Phi) is 5.37. The number of aromatic amines is 1. The van der Waals surface area contributed by atoms with Crippen LogP contribution in [0.1, 0.15) is 12.7 Å². The molecule has 1 aromatic heterocycles. The lowest BCUT2D eigenvalue weighted by Crippen LogP contribution is -2.52. The number of carbonyl (C=O) groups is 3. The number of hydrogen-bond donors (Lipinski definition) is 5. The summed E-state index contributed by atoms with van der Waals surface area (Å²) in [7, 11) is 0. The Labute approximate surface area is 114 Å². The van der Waals surface area contributed by atoms with Gasteiger partial charge in [0.15, 0.2) is 0 Å². The maximum absolute atomic E-state index is 11.7. The number of thiol groups is 1. The first-order chi connectivity index (χ1) is 8.90. The van der Waals surface area contributed by atoms with E-state index in [-0.39, 0.29) is 6.42 Å². The predicted molar refractivity (Wildman–Crippen MR) is 70.4 cm³/mol. The van der Waals surface area contributed by atoms with Gasteiger partial charge in [-0.2, -0.15) is 0 Å². The standard InChI is InChI=1S/C10H15N5O3S/c1-5(14-10(18)19)9(17)15-6(8(11)16)4-7-12-2-3-13-7/h2-3,5-6H,4H2,1H3,(H2,11,16)(H,12,13)(H,15,17)(H2,14,18,19)/t5-,6+/m0/s1. The smallest absolute Gasteiger partial charge is 0.276 e. The molecule has 1 heterocycles. The minimum Gasteiger partial charge on any atom is -0.368 e. The number of hydrogen-bond acceptors (Lipinski definition) is 4. The number of carbonyl (C=O) groups excluding carboxylic acids is 3. The molecule has 3 amide bonds. The quantitative estimate of drug-likeness (QED) is 0.427. The summed E-state index contributed by atoms with van der Waals surface area (Å²) in [4.78, 5) is 40.4. The first-order valence-electron chi connectivity index (χ1n) is 5.47. The number of imidazole rings is 1. The van der Waals surface area contributed by atoms with E-state index in [1.165, 1.54) is 13.1 Å². The maximum atomic E-state index is 11.7. The van der Waals surface area contributed by atoms with Gasteiger partial charge in [0.05, 0.1) is 0 Å². The SMILES string of the molecule is C[C@H](NC(=O)S)C(=O)N[C@H](Cc1ncc[nH]1)C(N)=O. The molecule has 2 atom stereocenters. The summed E-state index contributed by atoms with van der Waals surface area (Å²) in [6, 6.07) is -1.72. The van der Waals surface area contributed by atoms with E-state index < -0.39 is 29.1 Å². The third kappa shape index (κ3) is 5.00. The van der Waals surface area contributed by atoms with Gasteiger partial charge in [-0.1, -0.05) is 12.6 Å². The molecule has 0 unspecified atom stereocenters. The Balaban J connectivity index is 2.61. The molecular formula is C10H15N5O3S. The van der Waals surface area contributed by atoms with Crippen LogP contribution in [0.25, 0.3) is 0 Å². The number of rotatable bonds is 6. The van der Waals surface area contributed by atoms with Crippen molar-refractivity contribution in [2.45, 2.75) is 25.4 Å². The molecule has 8 nitrogen and oxygen atoms in total. The van der Waals surface area contributed by atoms with Crippen molar-refractivity contribution in [3.63, 3.8) is 0 Å². The van der Waals surface area contributed by atoms with Crippen LogP contribution in [0.2, 0.25) is 0 Å². The van der Waals surface area contributed by atoms with Crippen molar-refractivity contribution in [1.82, 2.24) is 20.6 Å². The molecule has 0 spiro atoms. The number of aromatic nitrogens is 2. The molecule has 19 heavy (non-hydrogen) atoms. The molecule has 0 aromatic carbocycles. The van der Waals surface area contributed by atoms with E-state index in [1.54, 1.807) is 6.20 Å². The van der Waals surface area contributed by atoms with Crippen molar-refractivity contribution in [2.24, 2.45) is 5.73 Å². The third-order valence-electron chi connectivity index (χ3n) is 2.35. The van der Waals surface area contributed by atoms with Gasteiger partial charge in [-0.3, -0.25) is 14.4 Å². The summed E-state index contributed by atoms with van der Waals surface area (Å²) in [5.74, 6) is -0.693. The van der Waals surface area contributed by atoms with E-state index in [4.69, 9.17) is 5.73 Å². The first-order valence-corrected chi connectivity index (χ1v) is 5.92. The zero-order chi connectivity index (χ0) is 14.4. The zero-order valence-electron chi connectivity index (χ0n) is 10.2. The normalized spacial score (nSPS) is 13.4. The van der Waals surface area contributed by atoms with Gasteiger partial charge in [0.2, 0.25) is 11.8 Å². The van der Waals surface area contributed by atoms with Crippen molar-refractivity contribution in [1.29, 1.82) is 0 Å². The molecule has 0 aliphatic heterocycles. The average molecular weight is 285 g/mol. The number of H-pyrrole nitrogens is 1. The van der Waals surface area contributed by atoms with Gasteiger partial charge in [-0.15, -0.1) is 0 Å². The van der Waals surface area contributed by atoms with E-state index in [9.17, 15) is 14.4 Å². The van der Waals surface area contributed by atoms with E-state index in [1.807, 2.05) is 0 Å². The van der Waals surface area contributed by atoms with Gasteiger partial charge < -0.3 is 21.4 Å². The Morgan fingerprint density at radius 2 is 2.16 bits per heavy atom. The Morgan fingerprint density at radius 3 is 2.63 bits per heavy atom. The first kappa shape index (κ1) is 15.0. The van der Waals surface area contributed by atoms with Gasteiger partial charge in [-0.05, 0) is 6.92 Å². The summed E-state index contributed by atoms with van der Waals surface area (Å²) in [6.07, 6.45) is 3.27. The maximum Gasteiger partial charge on any atom is 0.276 e. The largest absolute Gasteiger partial charge is 0.368 e. The molecule has 0 aliphatic carbocycles. The van der Waals surface area contributed by atoms with Crippen molar-refractivity contribution in [2.75, 3.05) is 0 Å². The third-order valence-corrected chi connectivity index (χ3v) is 2.47. The summed E-state index contributed by atoms with van der Waals surface area (Å²) in [6.45, 7) is 1.47. The lowest BCUT2D eigenvalue weighted by atomic mass is 10.1. The molecule has 0 bridgehead atoms. The zero-order valence-corrected chi connectivity index (χ0v) is 11.1. The van der Waals surface area contributed by atoms with Gasteiger partial charge in [0.25, 0.3) is 5.24 Å². The topological polar surface area (TPSA) is 130 Å². The van der Waals surface area contributed by atoms with E-state index in [0.29, 0.717) is 5.82 Å². The monoisotopic (exact) mass is 285 g/mol. The molecule has 0 aliphatic rings. The second kappa shape index (κ2) is 6.78. The van der Waals surface area contributed by atoms with Crippen LogP contribution < -0.4 is 16.4 Å². The van der Waals surface area contributed by atoms with E-state index in [0.717, 1.165) is 0 Å². The Morgan fingerprint density at radius 1 is 1.47 bits per heavy atom. The van der Waals surface area contributed by atoms with Crippen LogP contribution in [0.15, 0.2) is 12.4 Å². The van der Waals surface area contributed by atoms with Gasteiger partial charge >= 0.3 is 0 Å². The minimum atomic E-state index is -0.905. The highest BCUT2D eigenvalue weighted by molar-refractivity contribution is 7.96. The number of nitrogens with two attached hydrogens (primary N) is 1. The molecule has 0 saturated carbocycles. The molecule has 104 valence electrons. The van der Waals surface area contributed by atoms with Crippen LogP contribution in [0.4, 0.5) is 4.79 Å². The highest BCUT2D eigenvalue weighted by Gasteiger charge is 2.23. The van der Waals surface area contributed by atoms with Crippen LogP contribution >= 0.6 is 12.6 Å². The lowest BCUT2D eigenvalue weighted by Gasteiger charge is -2.18.